The molecule has 1 rings (SSSR count). The second-order valence-corrected chi connectivity index (χ2v) is 3.04. The molecule has 0 atom stereocenters. The Bertz CT molecular complexity index is 285. The summed E-state index contributed by atoms with van der Waals surface area (Å²) >= 11 is 0. The molecular weight excluding hydrogens is 157 g/mol. The van der Waals surface area contributed by atoms with Gasteiger partial charge in [-0.05, 0) is 18.1 Å². The third-order valence-electron chi connectivity index (χ3n) is 1.91. The quantitative estimate of drug-likeness (QED) is 0.545. The number of nitrogen functional groups attached to an aromatic ring is 1. The van der Waals surface area contributed by atoms with Gasteiger partial charge in [-0.25, -0.2) is 0 Å². The van der Waals surface area contributed by atoms with E-state index in [2.05, 4.69) is 13.0 Å². The van der Waals surface area contributed by atoms with E-state index in [1.807, 2.05) is 24.3 Å². The van der Waals surface area contributed by atoms with E-state index in [0.717, 1.165) is 29.6 Å². The van der Waals surface area contributed by atoms with Crippen LogP contribution < -0.4 is 11.2 Å². The first-order valence-electron chi connectivity index (χ1n) is 4.56. The van der Waals surface area contributed by atoms with Crippen molar-refractivity contribution in [3.05, 3.63) is 29.8 Å². The molecule has 2 heteroatoms. The van der Waals surface area contributed by atoms with E-state index >= 15 is 0 Å². The van der Waals surface area contributed by atoms with Gasteiger partial charge >= 0.3 is 0 Å². The summed E-state index contributed by atoms with van der Waals surface area (Å²) in [6.45, 7) is 2.14. The van der Waals surface area contributed by atoms with Crippen LogP contribution in [0.2, 0.25) is 0 Å². The zero-order valence-corrected chi connectivity index (χ0v) is 7.96. The molecule has 1 aromatic carbocycles. The zero-order chi connectivity index (χ0) is 9.68. The molecule has 0 fully saturated rings. The Balaban J connectivity index is 2.87. The van der Waals surface area contributed by atoms with E-state index in [4.69, 9.17) is 13.6 Å². The van der Waals surface area contributed by atoms with Crippen molar-refractivity contribution in [2.24, 2.45) is 0 Å². The lowest BCUT2D eigenvalue weighted by Gasteiger charge is -2.03. The van der Waals surface area contributed by atoms with Crippen molar-refractivity contribution in [2.45, 2.75) is 19.8 Å². The van der Waals surface area contributed by atoms with Gasteiger partial charge in [0.15, 0.2) is 0 Å². The summed E-state index contributed by atoms with van der Waals surface area (Å²) in [7, 11) is 5.77. The Hall–Kier alpha value is -1.18. The fourth-order valence-corrected chi connectivity index (χ4v) is 1.16. The maximum atomic E-state index is 5.77. The number of unbranched alkanes of at least 4 members (excludes halogenated alkanes) is 1. The molecule has 0 saturated heterocycles. The van der Waals surface area contributed by atoms with E-state index in [9.17, 15) is 0 Å². The van der Waals surface area contributed by atoms with Crippen LogP contribution in [-0.2, 0) is 0 Å². The average molecular weight is 171 g/mol. The maximum Gasteiger partial charge on any atom is 0.114 e. The van der Waals surface area contributed by atoms with Gasteiger partial charge in [0.2, 0.25) is 0 Å². The van der Waals surface area contributed by atoms with Gasteiger partial charge in [-0.3, -0.25) is 0 Å². The number of anilines is 1. The smallest absolute Gasteiger partial charge is 0.114 e. The van der Waals surface area contributed by atoms with Crippen LogP contribution in [0, 0.1) is 0 Å². The van der Waals surface area contributed by atoms with Gasteiger partial charge in [0, 0.05) is 5.69 Å². The number of nitrogens with two attached hydrogens (primary N) is 1. The van der Waals surface area contributed by atoms with Crippen LogP contribution in [0.3, 0.4) is 0 Å². The molecule has 0 aliphatic carbocycles. The number of hydrogen-bond acceptors (Lipinski definition) is 1. The van der Waals surface area contributed by atoms with E-state index < -0.39 is 0 Å². The Kier molecular flexibility index (Phi) is 3.62. The number of hydrogen-bond donors (Lipinski definition) is 1. The molecule has 1 nitrogen and oxygen atoms in total. The second-order valence-electron chi connectivity index (χ2n) is 3.04. The molecule has 13 heavy (non-hydrogen) atoms. The minimum atomic E-state index is 0.743. The van der Waals surface area contributed by atoms with Crippen molar-refractivity contribution in [3.8, 4) is 0 Å². The van der Waals surface area contributed by atoms with Crippen molar-refractivity contribution in [1.29, 1.82) is 0 Å². The van der Waals surface area contributed by atoms with Crippen molar-refractivity contribution in [2.75, 3.05) is 5.73 Å². The summed E-state index contributed by atoms with van der Waals surface area (Å²) in [5.74, 6) is 0. The van der Waals surface area contributed by atoms with E-state index in [1.54, 1.807) is 0 Å². The molecule has 2 N–H and O–H groups in total. The highest BCUT2D eigenvalue weighted by molar-refractivity contribution is 6.34. The van der Waals surface area contributed by atoms with Crippen LogP contribution in [0.15, 0.2) is 24.3 Å². The second kappa shape index (κ2) is 4.75. The third-order valence-corrected chi connectivity index (χ3v) is 1.91. The van der Waals surface area contributed by atoms with Crippen LogP contribution in [0.1, 0.15) is 25.3 Å². The van der Waals surface area contributed by atoms with Crippen LogP contribution in [0.5, 0.6) is 0 Å². The summed E-state index contributed by atoms with van der Waals surface area (Å²) in [6.07, 6.45) is 6.30. The molecular formula is C11H14BN. The lowest BCUT2D eigenvalue weighted by Crippen LogP contribution is -2.09. The van der Waals surface area contributed by atoms with Gasteiger partial charge in [0.25, 0.3) is 0 Å². The zero-order valence-electron chi connectivity index (χ0n) is 7.96. The predicted molar refractivity (Wildman–Crippen MR) is 60.2 cm³/mol. The third kappa shape index (κ3) is 2.65. The van der Waals surface area contributed by atoms with Gasteiger partial charge in [0.1, 0.15) is 7.85 Å². The fraction of sp³-hybridized carbons (Fsp3) is 0.273. The predicted octanol–water partition coefficient (Wildman–Crippen LogP) is 1.88. The standard InChI is InChI=1S/C11H14BN/c1-2-3-4-6-9-10(12)7-5-8-11(9)13/h4-8H,2-3,13H2,1H3. The van der Waals surface area contributed by atoms with Gasteiger partial charge in [-0.15, -0.1) is 0 Å². The summed E-state index contributed by atoms with van der Waals surface area (Å²) in [5, 5.41) is 0. The summed E-state index contributed by atoms with van der Waals surface area (Å²) in [6, 6.07) is 5.59. The first-order valence-corrected chi connectivity index (χ1v) is 4.56. The van der Waals surface area contributed by atoms with E-state index in [-0.39, 0.29) is 0 Å². The van der Waals surface area contributed by atoms with Crippen molar-refractivity contribution in [1.82, 2.24) is 0 Å². The van der Waals surface area contributed by atoms with Crippen LogP contribution in [-0.4, -0.2) is 7.85 Å². The molecule has 0 aliphatic heterocycles. The minimum absolute atomic E-state index is 0.743. The topological polar surface area (TPSA) is 26.0 Å². The van der Waals surface area contributed by atoms with Crippen LogP contribution in [0.4, 0.5) is 5.69 Å². The number of rotatable bonds is 3. The summed E-state index contributed by atoms with van der Waals surface area (Å²) in [5.41, 5.74) is 8.20. The Labute approximate surface area is 81.1 Å². The van der Waals surface area contributed by atoms with Crippen molar-refractivity contribution < 1.29 is 0 Å². The van der Waals surface area contributed by atoms with Gasteiger partial charge in [-0.1, -0.05) is 43.1 Å². The van der Waals surface area contributed by atoms with E-state index in [0.29, 0.717) is 0 Å². The fourth-order valence-electron chi connectivity index (χ4n) is 1.16. The van der Waals surface area contributed by atoms with Crippen molar-refractivity contribution >= 4 is 25.1 Å². The Morgan fingerprint density at radius 2 is 2.23 bits per heavy atom. The number of benzene rings is 1. The largest absolute Gasteiger partial charge is 0.398 e. The Morgan fingerprint density at radius 3 is 2.85 bits per heavy atom. The Morgan fingerprint density at radius 1 is 1.46 bits per heavy atom. The molecule has 66 valence electrons. The molecule has 0 saturated carbocycles. The SMILES string of the molecule is [B]c1cccc(N)c1C=CCCC. The van der Waals surface area contributed by atoms with Crippen molar-refractivity contribution in [3.63, 3.8) is 0 Å². The highest BCUT2D eigenvalue weighted by atomic mass is 14.6. The summed E-state index contributed by atoms with van der Waals surface area (Å²) < 4.78 is 0. The summed E-state index contributed by atoms with van der Waals surface area (Å²) in [4.78, 5) is 0. The lowest BCUT2D eigenvalue weighted by molar-refractivity contribution is 0.962. The molecule has 0 amide bonds. The first kappa shape index (κ1) is 9.91. The molecule has 0 aliphatic rings. The molecule has 0 spiro atoms. The first-order chi connectivity index (χ1) is 6.25. The van der Waals surface area contributed by atoms with Crippen LogP contribution >= 0.6 is 0 Å². The van der Waals surface area contributed by atoms with Gasteiger partial charge < -0.3 is 5.73 Å². The normalized spacial score (nSPS) is 10.8. The monoisotopic (exact) mass is 171 g/mol. The highest BCUT2D eigenvalue weighted by Gasteiger charge is 1.96. The highest BCUT2D eigenvalue weighted by Crippen LogP contribution is 2.10. The molecule has 2 radical (unpaired) electrons. The minimum Gasteiger partial charge on any atom is -0.398 e. The molecule has 0 aromatic heterocycles. The van der Waals surface area contributed by atoms with E-state index in [1.165, 1.54) is 0 Å². The van der Waals surface area contributed by atoms with Gasteiger partial charge in [0.05, 0.1) is 0 Å². The maximum absolute atomic E-state index is 5.77. The lowest BCUT2D eigenvalue weighted by atomic mass is 9.89. The molecule has 0 bridgehead atoms. The average Bonchev–Trinajstić information content (AvgIpc) is 2.10. The molecule has 0 heterocycles. The molecule has 1 aromatic rings. The van der Waals surface area contributed by atoms with Crippen LogP contribution in [0.25, 0.3) is 6.08 Å². The molecule has 0 unspecified atom stereocenters. The van der Waals surface area contributed by atoms with Gasteiger partial charge in [-0.2, -0.15) is 0 Å². The number of allylic oxidation sites excluding steroid dienone is 1.